The van der Waals surface area contributed by atoms with Crippen molar-refractivity contribution < 1.29 is 17.9 Å². The molecule has 0 radical (unpaired) electrons. The lowest BCUT2D eigenvalue weighted by molar-refractivity contribution is -0.160. The monoisotopic (exact) mass is 427 g/mol. The number of nitrogens with two attached hydrogens (primary N) is 1. The first-order chi connectivity index (χ1) is 14.0. The van der Waals surface area contributed by atoms with Crippen molar-refractivity contribution in [3.05, 3.63) is 52.6 Å². The summed E-state index contributed by atoms with van der Waals surface area (Å²) in [7, 11) is -3.29. The Kier molecular flexibility index (Phi) is 5.06. The molecule has 30 heavy (non-hydrogen) atoms. The van der Waals surface area contributed by atoms with Crippen molar-refractivity contribution in [2.75, 3.05) is 6.26 Å². The number of fused-ring (bicyclic) bond motifs is 5. The highest BCUT2D eigenvalue weighted by molar-refractivity contribution is 7.90. The maximum absolute atomic E-state index is 12.7. The molecule has 160 valence electrons. The SMILES string of the molecule is CC(C)(C)OC(=O)C1Cc2c(ccc3c2CCc2c-3cccc2S(C)(=O)=O)C(N)C1. The van der Waals surface area contributed by atoms with Gasteiger partial charge in [-0.25, -0.2) is 8.42 Å². The van der Waals surface area contributed by atoms with Crippen molar-refractivity contribution in [1.82, 2.24) is 0 Å². The minimum absolute atomic E-state index is 0.197. The number of ether oxygens (including phenoxy) is 1. The van der Waals surface area contributed by atoms with Gasteiger partial charge in [0.05, 0.1) is 10.8 Å². The van der Waals surface area contributed by atoms with Crippen LogP contribution in [0.15, 0.2) is 35.2 Å². The molecule has 0 aromatic heterocycles. The Hall–Kier alpha value is -2.18. The molecule has 4 rings (SSSR count). The molecule has 6 heteroatoms. The molecule has 2 N–H and O–H groups in total. The Labute approximate surface area is 178 Å². The van der Waals surface area contributed by atoms with Gasteiger partial charge in [0.15, 0.2) is 9.84 Å². The third kappa shape index (κ3) is 3.79. The molecule has 0 saturated carbocycles. The fourth-order valence-electron chi connectivity index (χ4n) is 4.84. The standard InChI is InChI=1S/C24H29NO4S/c1-24(2,3)29-23(26)14-12-20-17-9-11-19-15(6-5-7-22(19)30(4,27)28)16(17)8-10-18(20)21(25)13-14/h5-8,10,14,21H,9,11-13,25H2,1-4H3. The summed E-state index contributed by atoms with van der Waals surface area (Å²) in [4.78, 5) is 13.2. The summed E-state index contributed by atoms with van der Waals surface area (Å²) in [6.07, 6.45) is 3.85. The van der Waals surface area contributed by atoms with E-state index in [1.165, 1.54) is 11.8 Å². The van der Waals surface area contributed by atoms with Crippen LogP contribution in [-0.2, 0) is 38.6 Å². The summed E-state index contributed by atoms with van der Waals surface area (Å²) in [5.74, 6) is -0.459. The highest BCUT2D eigenvalue weighted by atomic mass is 32.2. The lowest BCUT2D eigenvalue weighted by Crippen LogP contribution is -2.35. The van der Waals surface area contributed by atoms with Gasteiger partial charge in [0, 0.05) is 12.3 Å². The highest BCUT2D eigenvalue weighted by Crippen LogP contribution is 2.43. The molecule has 2 atom stereocenters. The van der Waals surface area contributed by atoms with Crippen LogP contribution in [0, 0.1) is 5.92 Å². The predicted molar refractivity (Wildman–Crippen MR) is 117 cm³/mol. The van der Waals surface area contributed by atoms with Crippen molar-refractivity contribution in [3.8, 4) is 11.1 Å². The van der Waals surface area contributed by atoms with E-state index in [0.29, 0.717) is 24.2 Å². The zero-order chi connectivity index (χ0) is 21.8. The van der Waals surface area contributed by atoms with Crippen molar-refractivity contribution in [1.29, 1.82) is 0 Å². The molecule has 2 aromatic carbocycles. The number of benzene rings is 2. The molecular weight excluding hydrogens is 398 g/mol. The van der Waals surface area contributed by atoms with Crippen LogP contribution < -0.4 is 5.73 Å². The van der Waals surface area contributed by atoms with Crippen molar-refractivity contribution in [2.45, 2.75) is 63.0 Å². The lowest BCUT2D eigenvalue weighted by atomic mass is 9.74. The Morgan fingerprint density at radius 3 is 2.37 bits per heavy atom. The zero-order valence-electron chi connectivity index (χ0n) is 18.0. The minimum atomic E-state index is -3.29. The quantitative estimate of drug-likeness (QED) is 0.738. The fraction of sp³-hybridized carbons (Fsp3) is 0.458. The van der Waals surface area contributed by atoms with Gasteiger partial charge in [-0.2, -0.15) is 0 Å². The number of hydrogen-bond acceptors (Lipinski definition) is 5. The molecular formula is C24H29NO4S. The Morgan fingerprint density at radius 2 is 1.70 bits per heavy atom. The summed E-state index contributed by atoms with van der Waals surface area (Å²) in [6.45, 7) is 5.62. The summed E-state index contributed by atoms with van der Waals surface area (Å²) in [5, 5.41) is 0. The van der Waals surface area contributed by atoms with E-state index >= 15 is 0 Å². The van der Waals surface area contributed by atoms with Crippen molar-refractivity contribution in [3.63, 3.8) is 0 Å². The maximum Gasteiger partial charge on any atom is 0.309 e. The molecule has 0 heterocycles. The van der Waals surface area contributed by atoms with E-state index in [1.54, 1.807) is 12.1 Å². The second kappa shape index (κ2) is 7.20. The molecule has 0 spiro atoms. The van der Waals surface area contributed by atoms with Gasteiger partial charge in [0.2, 0.25) is 0 Å². The van der Waals surface area contributed by atoms with Gasteiger partial charge in [-0.05, 0) is 85.9 Å². The third-order valence-electron chi connectivity index (χ3n) is 6.04. The van der Waals surface area contributed by atoms with Crippen LogP contribution in [0.2, 0.25) is 0 Å². The molecule has 0 amide bonds. The smallest absolute Gasteiger partial charge is 0.309 e. The average molecular weight is 428 g/mol. The van der Waals surface area contributed by atoms with Crippen LogP contribution in [0.5, 0.6) is 0 Å². The summed E-state index contributed by atoms with van der Waals surface area (Å²) < 4.78 is 30.1. The first kappa shape index (κ1) is 21.1. The normalized spacial score (nSPS) is 20.7. The highest BCUT2D eigenvalue weighted by Gasteiger charge is 2.35. The van der Waals surface area contributed by atoms with Crippen LogP contribution in [0.25, 0.3) is 11.1 Å². The molecule has 2 aromatic rings. The van der Waals surface area contributed by atoms with Gasteiger partial charge in [-0.1, -0.05) is 24.3 Å². The predicted octanol–water partition coefficient (Wildman–Crippen LogP) is 3.76. The number of hydrogen-bond donors (Lipinski definition) is 1. The Morgan fingerprint density at radius 1 is 1.03 bits per heavy atom. The van der Waals surface area contributed by atoms with E-state index < -0.39 is 15.4 Å². The van der Waals surface area contributed by atoms with Gasteiger partial charge in [-0.15, -0.1) is 0 Å². The van der Waals surface area contributed by atoms with E-state index in [4.69, 9.17) is 10.5 Å². The van der Waals surface area contributed by atoms with Gasteiger partial charge < -0.3 is 10.5 Å². The van der Waals surface area contributed by atoms with Crippen LogP contribution in [0.3, 0.4) is 0 Å². The first-order valence-electron chi connectivity index (χ1n) is 10.4. The van der Waals surface area contributed by atoms with E-state index in [0.717, 1.165) is 34.2 Å². The van der Waals surface area contributed by atoms with Crippen molar-refractivity contribution >= 4 is 15.8 Å². The molecule has 2 unspecified atom stereocenters. The largest absolute Gasteiger partial charge is 0.460 e. The summed E-state index contributed by atoms with van der Waals surface area (Å²) >= 11 is 0. The summed E-state index contributed by atoms with van der Waals surface area (Å²) in [5.41, 5.74) is 12.3. The fourth-order valence-corrected chi connectivity index (χ4v) is 5.82. The van der Waals surface area contributed by atoms with Crippen LogP contribution in [0.1, 0.15) is 55.5 Å². The summed E-state index contributed by atoms with van der Waals surface area (Å²) in [6, 6.07) is 9.38. The topological polar surface area (TPSA) is 86.5 Å². The second-order valence-electron chi connectivity index (χ2n) is 9.49. The number of esters is 1. The molecule has 2 aliphatic carbocycles. The third-order valence-corrected chi connectivity index (χ3v) is 7.23. The number of carbonyl (C=O) groups excluding carboxylic acids is 1. The number of carbonyl (C=O) groups is 1. The molecule has 2 aliphatic rings. The van der Waals surface area contributed by atoms with Gasteiger partial charge in [0.1, 0.15) is 5.60 Å². The van der Waals surface area contributed by atoms with Crippen LogP contribution in [-0.4, -0.2) is 26.2 Å². The molecule has 0 aliphatic heterocycles. The molecule has 0 fully saturated rings. The van der Waals surface area contributed by atoms with E-state index in [2.05, 4.69) is 6.07 Å². The van der Waals surface area contributed by atoms with Crippen molar-refractivity contribution in [2.24, 2.45) is 11.7 Å². The zero-order valence-corrected chi connectivity index (χ0v) is 18.8. The van der Waals surface area contributed by atoms with Crippen LogP contribution >= 0.6 is 0 Å². The lowest BCUT2D eigenvalue weighted by Gasteiger charge is -2.34. The van der Waals surface area contributed by atoms with Gasteiger partial charge in [0.25, 0.3) is 0 Å². The average Bonchev–Trinajstić information content (AvgIpc) is 2.64. The van der Waals surface area contributed by atoms with Gasteiger partial charge in [-0.3, -0.25) is 4.79 Å². The Balaban J connectivity index is 1.78. The molecule has 0 bridgehead atoms. The second-order valence-corrected chi connectivity index (χ2v) is 11.5. The van der Waals surface area contributed by atoms with Gasteiger partial charge >= 0.3 is 5.97 Å². The number of rotatable bonds is 2. The molecule has 0 saturated heterocycles. The molecule has 5 nitrogen and oxygen atoms in total. The first-order valence-corrected chi connectivity index (χ1v) is 12.3. The van der Waals surface area contributed by atoms with E-state index in [-0.39, 0.29) is 17.9 Å². The number of sulfone groups is 1. The van der Waals surface area contributed by atoms with E-state index in [9.17, 15) is 13.2 Å². The van der Waals surface area contributed by atoms with E-state index in [1.807, 2.05) is 32.9 Å². The Bertz CT molecular complexity index is 1130. The van der Waals surface area contributed by atoms with Crippen LogP contribution in [0.4, 0.5) is 0 Å². The minimum Gasteiger partial charge on any atom is -0.460 e. The maximum atomic E-state index is 12.7.